The van der Waals surface area contributed by atoms with Crippen molar-refractivity contribution >= 4 is 15.9 Å². The number of carbonyl (C=O) groups is 1. The predicted molar refractivity (Wildman–Crippen MR) is 94.0 cm³/mol. The van der Waals surface area contributed by atoms with Crippen LogP contribution in [-0.4, -0.2) is 43.6 Å². The number of carbonyl (C=O) groups excluding carboxylic acids is 1. The van der Waals surface area contributed by atoms with Gasteiger partial charge in [0, 0.05) is 19.1 Å². The summed E-state index contributed by atoms with van der Waals surface area (Å²) in [5.74, 6) is -0.439. The summed E-state index contributed by atoms with van der Waals surface area (Å²) in [6, 6.07) is 5.89. The molecule has 2 fully saturated rings. The quantitative estimate of drug-likeness (QED) is 0.867. The smallest absolute Gasteiger partial charge is 0.227 e. The van der Waals surface area contributed by atoms with Crippen LogP contribution in [0.4, 0.5) is 4.39 Å². The second-order valence-corrected chi connectivity index (χ2v) is 9.04. The Hall–Kier alpha value is -1.47. The molecule has 2 aliphatic rings. The van der Waals surface area contributed by atoms with E-state index in [1.807, 2.05) is 0 Å². The lowest BCUT2D eigenvalue weighted by Gasteiger charge is -2.33. The van der Waals surface area contributed by atoms with Gasteiger partial charge in [0.05, 0.1) is 11.7 Å². The molecule has 0 aromatic heterocycles. The van der Waals surface area contributed by atoms with E-state index in [-0.39, 0.29) is 30.7 Å². The predicted octanol–water partition coefficient (Wildman–Crippen LogP) is 2.22. The van der Waals surface area contributed by atoms with E-state index in [1.165, 1.54) is 12.1 Å². The zero-order valence-electron chi connectivity index (χ0n) is 14.3. The van der Waals surface area contributed by atoms with Gasteiger partial charge in [0.25, 0.3) is 0 Å². The Kier molecular flexibility index (Phi) is 5.74. The number of hydrogen-bond acceptors (Lipinski definition) is 3. The fourth-order valence-corrected chi connectivity index (χ4v) is 5.42. The Labute approximate surface area is 148 Å². The topological polar surface area (TPSA) is 66.5 Å². The van der Waals surface area contributed by atoms with Gasteiger partial charge in [-0.2, -0.15) is 0 Å². The summed E-state index contributed by atoms with van der Waals surface area (Å²) < 4.78 is 41.0. The molecule has 5 nitrogen and oxygen atoms in total. The molecule has 1 saturated carbocycles. The van der Waals surface area contributed by atoms with Crippen molar-refractivity contribution in [2.45, 2.75) is 56.2 Å². The van der Waals surface area contributed by atoms with E-state index < -0.39 is 15.3 Å². The van der Waals surface area contributed by atoms with Crippen LogP contribution in [0.15, 0.2) is 24.3 Å². The number of amides is 1. The van der Waals surface area contributed by atoms with Gasteiger partial charge in [-0.3, -0.25) is 4.79 Å². The van der Waals surface area contributed by atoms with Crippen LogP contribution in [0, 0.1) is 5.82 Å². The summed E-state index contributed by atoms with van der Waals surface area (Å²) in [5, 5.41) is -0.543. The van der Waals surface area contributed by atoms with Crippen molar-refractivity contribution in [2.24, 2.45) is 0 Å². The van der Waals surface area contributed by atoms with Crippen molar-refractivity contribution in [3.05, 3.63) is 35.6 Å². The number of rotatable bonds is 5. The average Bonchev–Trinajstić information content (AvgIpc) is 3.09. The molecule has 1 atom stereocenters. The molecule has 1 heterocycles. The van der Waals surface area contributed by atoms with Crippen molar-refractivity contribution < 1.29 is 17.6 Å². The van der Waals surface area contributed by atoms with Gasteiger partial charge < -0.3 is 4.90 Å². The number of hydrogen-bond donors (Lipinski definition) is 1. The molecule has 7 heteroatoms. The first-order valence-corrected chi connectivity index (χ1v) is 10.5. The molecule has 0 radical (unpaired) electrons. The second kappa shape index (κ2) is 7.83. The highest BCUT2D eigenvalue weighted by Crippen LogP contribution is 2.22. The molecule has 3 rings (SSSR count). The SMILES string of the molecule is O=C(Cc1ccc(F)cc1)N1CCCC(S(=O)(=O)NC2CCCC2)C1. The minimum atomic E-state index is -3.41. The lowest BCUT2D eigenvalue weighted by molar-refractivity contribution is -0.131. The van der Waals surface area contributed by atoms with Crippen molar-refractivity contribution in [2.75, 3.05) is 13.1 Å². The van der Waals surface area contributed by atoms with Crippen molar-refractivity contribution in [1.82, 2.24) is 9.62 Å². The molecule has 0 spiro atoms. The molecule has 138 valence electrons. The third-order valence-electron chi connectivity index (χ3n) is 5.12. The number of benzene rings is 1. The second-order valence-electron chi connectivity index (χ2n) is 7.05. The van der Waals surface area contributed by atoms with E-state index in [9.17, 15) is 17.6 Å². The van der Waals surface area contributed by atoms with E-state index >= 15 is 0 Å². The summed E-state index contributed by atoms with van der Waals surface area (Å²) in [6.45, 7) is 0.817. The number of piperidine rings is 1. The van der Waals surface area contributed by atoms with Crippen LogP contribution >= 0.6 is 0 Å². The molecule has 1 aliphatic heterocycles. The molecule has 0 bridgehead atoms. The number of nitrogens with one attached hydrogen (secondary N) is 1. The van der Waals surface area contributed by atoms with Crippen LogP contribution in [0.3, 0.4) is 0 Å². The molecular formula is C18H25FN2O3S. The maximum atomic E-state index is 13.0. The van der Waals surface area contributed by atoms with Gasteiger partial charge in [-0.15, -0.1) is 0 Å². The highest BCUT2D eigenvalue weighted by molar-refractivity contribution is 7.90. The molecular weight excluding hydrogens is 343 g/mol. The van der Waals surface area contributed by atoms with E-state index in [2.05, 4.69) is 4.72 Å². The van der Waals surface area contributed by atoms with Crippen molar-refractivity contribution in [1.29, 1.82) is 0 Å². The molecule has 1 aromatic carbocycles. The Morgan fingerprint density at radius 2 is 1.80 bits per heavy atom. The number of halogens is 1. The summed E-state index contributed by atoms with van der Waals surface area (Å²) in [7, 11) is -3.41. The molecule has 1 unspecified atom stereocenters. The molecule has 1 N–H and O–H groups in total. The normalized spacial score (nSPS) is 22.3. The van der Waals surface area contributed by atoms with Crippen molar-refractivity contribution in [3.8, 4) is 0 Å². The first-order valence-electron chi connectivity index (χ1n) is 8.97. The monoisotopic (exact) mass is 368 g/mol. The molecule has 1 aromatic rings. The summed E-state index contributed by atoms with van der Waals surface area (Å²) in [5.41, 5.74) is 0.737. The highest BCUT2D eigenvalue weighted by Gasteiger charge is 2.34. The molecule has 1 aliphatic carbocycles. The van der Waals surface area contributed by atoms with Gasteiger partial charge in [0.15, 0.2) is 0 Å². The van der Waals surface area contributed by atoms with Crippen LogP contribution in [-0.2, 0) is 21.2 Å². The number of nitrogens with zero attached hydrogens (tertiary/aromatic N) is 1. The van der Waals surface area contributed by atoms with Crippen LogP contribution < -0.4 is 4.72 Å². The van der Waals surface area contributed by atoms with Gasteiger partial charge in [-0.1, -0.05) is 25.0 Å². The minimum Gasteiger partial charge on any atom is -0.341 e. The van der Waals surface area contributed by atoms with Crippen LogP contribution in [0.2, 0.25) is 0 Å². The Morgan fingerprint density at radius 1 is 1.12 bits per heavy atom. The maximum Gasteiger partial charge on any atom is 0.227 e. The van der Waals surface area contributed by atoms with Crippen LogP contribution in [0.5, 0.6) is 0 Å². The van der Waals surface area contributed by atoms with E-state index in [0.29, 0.717) is 19.4 Å². The Balaban J connectivity index is 1.59. The first-order chi connectivity index (χ1) is 11.9. The Morgan fingerprint density at radius 3 is 2.48 bits per heavy atom. The lowest BCUT2D eigenvalue weighted by Crippen LogP contribution is -2.50. The van der Waals surface area contributed by atoms with Gasteiger partial charge in [0.1, 0.15) is 5.82 Å². The maximum absolute atomic E-state index is 13.0. The van der Waals surface area contributed by atoms with Crippen LogP contribution in [0.1, 0.15) is 44.1 Å². The summed E-state index contributed by atoms with van der Waals surface area (Å²) >= 11 is 0. The summed E-state index contributed by atoms with van der Waals surface area (Å²) in [6.07, 6.45) is 5.38. The number of sulfonamides is 1. The zero-order chi connectivity index (χ0) is 17.9. The van der Waals surface area contributed by atoms with Crippen LogP contribution in [0.25, 0.3) is 0 Å². The van der Waals surface area contributed by atoms with Gasteiger partial charge >= 0.3 is 0 Å². The van der Waals surface area contributed by atoms with Gasteiger partial charge in [-0.25, -0.2) is 17.5 Å². The first kappa shape index (κ1) is 18.3. The fraction of sp³-hybridized carbons (Fsp3) is 0.611. The Bertz CT molecular complexity index is 700. The molecule has 1 amide bonds. The zero-order valence-corrected chi connectivity index (χ0v) is 15.1. The standard InChI is InChI=1S/C18H25FN2O3S/c19-15-9-7-14(8-10-15)12-18(22)21-11-3-6-17(13-21)25(23,24)20-16-4-1-2-5-16/h7-10,16-17,20H,1-6,11-13H2. The van der Waals surface area contributed by atoms with E-state index in [4.69, 9.17) is 0 Å². The van der Waals surface area contributed by atoms with E-state index in [1.54, 1.807) is 17.0 Å². The molecule has 1 saturated heterocycles. The van der Waals surface area contributed by atoms with Gasteiger partial charge in [-0.05, 0) is 43.4 Å². The van der Waals surface area contributed by atoms with Crippen molar-refractivity contribution in [3.63, 3.8) is 0 Å². The molecule has 25 heavy (non-hydrogen) atoms. The minimum absolute atomic E-state index is 0.0512. The average molecular weight is 368 g/mol. The fourth-order valence-electron chi connectivity index (χ4n) is 3.68. The third-order valence-corrected chi connectivity index (χ3v) is 7.05. The number of likely N-dealkylation sites (tertiary alicyclic amines) is 1. The third kappa shape index (κ3) is 4.79. The lowest BCUT2D eigenvalue weighted by atomic mass is 10.1. The van der Waals surface area contributed by atoms with Gasteiger partial charge in [0.2, 0.25) is 15.9 Å². The van der Waals surface area contributed by atoms with E-state index in [0.717, 1.165) is 31.2 Å². The largest absolute Gasteiger partial charge is 0.341 e. The highest BCUT2D eigenvalue weighted by atomic mass is 32.2. The summed E-state index contributed by atoms with van der Waals surface area (Å²) in [4.78, 5) is 14.1.